The standard InChI is InChI=1S/C18H21FO/c1-20-12-13-2-4-14(5-3-13)15-6-7-17-11-18(19)9-8-16(17)10-15/h6-11,13-14H,2-5,12H2,1H3. The molecule has 20 heavy (non-hydrogen) atoms. The Hall–Kier alpha value is -1.41. The van der Waals surface area contributed by atoms with E-state index < -0.39 is 0 Å². The third-order valence-corrected chi connectivity index (χ3v) is 4.55. The van der Waals surface area contributed by atoms with E-state index in [-0.39, 0.29) is 5.82 Å². The molecule has 1 aliphatic carbocycles. The average molecular weight is 272 g/mol. The van der Waals surface area contributed by atoms with Gasteiger partial charge in [0.1, 0.15) is 5.82 Å². The summed E-state index contributed by atoms with van der Waals surface area (Å²) in [4.78, 5) is 0. The molecule has 106 valence electrons. The number of methoxy groups -OCH3 is 1. The number of hydrogen-bond donors (Lipinski definition) is 0. The Morgan fingerprint density at radius 3 is 2.45 bits per heavy atom. The quantitative estimate of drug-likeness (QED) is 0.772. The maximum absolute atomic E-state index is 13.2. The lowest BCUT2D eigenvalue weighted by Crippen LogP contribution is -2.17. The first kappa shape index (κ1) is 13.6. The van der Waals surface area contributed by atoms with Gasteiger partial charge in [-0.1, -0.05) is 24.3 Å². The third kappa shape index (κ3) is 2.85. The second kappa shape index (κ2) is 5.92. The van der Waals surface area contributed by atoms with Gasteiger partial charge in [0.15, 0.2) is 0 Å². The summed E-state index contributed by atoms with van der Waals surface area (Å²) in [7, 11) is 1.79. The molecule has 1 aliphatic rings. The number of ether oxygens (including phenoxy) is 1. The second-order valence-corrected chi connectivity index (χ2v) is 5.92. The molecule has 0 unspecified atom stereocenters. The lowest BCUT2D eigenvalue weighted by molar-refractivity contribution is 0.127. The van der Waals surface area contributed by atoms with Gasteiger partial charge >= 0.3 is 0 Å². The van der Waals surface area contributed by atoms with Crippen LogP contribution in [0.1, 0.15) is 37.2 Å². The molecule has 0 bridgehead atoms. The van der Waals surface area contributed by atoms with Crippen LogP contribution in [0.3, 0.4) is 0 Å². The zero-order valence-electron chi connectivity index (χ0n) is 11.9. The summed E-state index contributed by atoms with van der Waals surface area (Å²) in [5.41, 5.74) is 1.40. The molecule has 3 rings (SSSR count). The summed E-state index contributed by atoms with van der Waals surface area (Å²) in [6.07, 6.45) is 4.97. The van der Waals surface area contributed by atoms with Crippen LogP contribution in [0.5, 0.6) is 0 Å². The highest BCUT2D eigenvalue weighted by molar-refractivity contribution is 5.83. The lowest BCUT2D eigenvalue weighted by atomic mass is 9.78. The fourth-order valence-electron chi connectivity index (χ4n) is 3.39. The highest BCUT2D eigenvalue weighted by Crippen LogP contribution is 2.36. The van der Waals surface area contributed by atoms with Crippen molar-refractivity contribution < 1.29 is 9.13 Å². The van der Waals surface area contributed by atoms with E-state index >= 15 is 0 Å². The van der Waals surface area contributed by atoms with Crippen LogP contribution < -0.4 is 0 Å². The minimum Gasteiger partial charge on any atom is -0.384 e. The molecule has 0 saturated heterocycles. The number of rotatable bonds is 3. The average Bonchev–Trinajstić information content (AvgIpc) is 2.48. The van der Waals surface area contributed by atoms with Crippen LogP contribution in [-0.4, -0.2) is 13.7 Å². The van der Waals surface area contributed by atoms with E-state index in [2.05, 4.69) is 18.2 Å². The fourth-order valence-corrected chi connectivity index (χ4v) is 3.39. The molecular weight excluding hydrogens is 251 g/mol. The van der Waals surface area contributed by atoms with Gasteiger partial charge < -0.3 is 4.74 Å². The topological polar surface area (TPSA) is 9.23 Å². The highest BCUT2D eigenvalue weighted by Gasteiger charge is 2.22. The Morgan fingerprint density at radius 2 is 1.70 bits per heavy atom. The van der Waals surface area contributed by atoms with Gasteiger partial charge in [-0.25, -0.2) is 4.39 Å². The minimum absolute atomic E-state index is 0.162. The third-order valence-electron chi connectivity index (χ3n) is 4.55. The van der Waals surface area contributed by atoms with E-state index in [0.29, 0.717) is 5.92 Å². The second-order valence-electron chi connectivity index (χ2n) is 5.92. The normalized spacial score (nSPS) is 23.1. The molecule has 0 amide bonds. The summed E-state index contributed by atoms with van der Waals surface area (Å²) < 4.78 is 18.5. The molecule has 0 aliphatic heterocycles. The molecule has 1 saturated carbocycles. The zero-order valence-corrected chi connectivity index (χ0v) is 11.9. The molecule has 1 fully saturated rings. The summed E-state index contributed by atoms with van der Waals surface area (Å²) in [5, 5.41) is 2.13. The summed E-state index contributed by atoms with van der Waals surface area (Å²) >= 11 is 0. The highest BCUT2D eigenvalue weighted by atomic mass is 19.1. The Morgan fingerprint density at radius 1 is 1.00 bits per heavy atom. The van der Waals surface area contributed by atoms with E-state index in [1.807, 2.05) is 6.07 Å². The SMILES string of the molecule is COCC1CCC(c2ccc3cc(F)ccc3c2)CC1. The molecular formula is C18H21FO. The maximum atomic E-state index is 13.2. The Balaban J connectivity index is 1.76. The van der Waals surface area contributed by atoms with Crippen molar-refractivity contribution in [1.82, 2.24) is 0 Å². The smallest absolute Gasteiger partial charge is 0.123 e. The van der Waals surface area contributed by atoms with E-state index in [9.17, 15) is 4.39 Å². The number of fused-ring (bicyclic) bond motifs is 1. The van der Waals surface area contributed by atoms with Crippen molar-refractivity contribution in [3.8, 4) is 0 Å². The van der Waals surface area contributed by atoms with Crippen LogP contribution in [0.25, 0.3) is 10.8 Å². The molecule has 0 heterocycles. The van der Waals surface area contributed by atoms with Gasteiger partial charge in [-0.05, 0) is 66.0 Å². The van der Waals surface area contributed by atoms with Gasteiger partial charge in [-0.2, -0.15) is 0 Å². The summed E-state index contributed by atoms with van der Waals surface area (Å²) in [6, 6.07) is 11.5. The molecule has 2 aromatic rings. The van der Waals surface area contributed by atoms with Crippen molar-refractivity contribution >= 4 is 10.8 Å². The first-order valence-corrected chi connectivity index (χ1v) is 7.44. The van der Waals surface area contributed by atoms with Crippen molar-refractivity contribution in [2.75, 3.05) is 13.7 Å². The lowest BCUT2D eigenvalue weighted by Gasteiger charge is -2.28. The van der Waals surface area contributed by atoms with Crippen LogP contribution in [0.4, 0.5) is 4.39 Å². The number of hydrogen-bond acceptors (Lipinski definition) is 1. The molecule has 0 aromatic heterocycles. The number of halogens is 1. The minimum atomic E-state index is -0.162. The molecule has 0 N–H and O–H groups in total. The first-order chi connectivity index (χ1) is 9.76. The van der Waals surface area contributed by atoms with Crippen molar-refractivity contribution in [2.24, 2.45) is 5.92 Å². The monoisotopic (exact) mass is 272 g/mol. The Kier molecular flexibility index (Phi) is 4.02. The van der Waals surface area contributed by atoms with Gasteiger partial charge in [0, 0.05) is 13.7 Å². The Bertz CT molecular complexity index is 585. The number of benzene rings is 2. The van der Waals surface area contributed by atoms with E-state index in [1.165, 1.54) is 31.2 Å². The van der Waals surface area contributed by atoms with Crippen LogP contribution in [-0.2, 0) is 4.74 Å². The summed E-state index contributed by atoms with van der Waals surface area (Å²) in [5.74, 6) is 1.22. The molecule has 2 aromatic carbocycles. The predicted molar refractivity (Wildman–Crippen MR) is 80.5 cm³/mol. The van der Waals surface area contributed by atoms with Gasteiger partial charge in [-0.15, -0.1) is 0 Å². The fraction of sp³-hybridized carbons (Fsp3) is 0.444. The van der Waals surface area contributed by atoms with E-state index in [0.717, 1.165) is 23.3 Å². The van der Waals surface area contributed by atoms with Crippen LogP contribution in [0.2, 0.25) is 0 Å². The van der Waals surface area contributed by atoms with E-state index in [1.54, 1.807) is 19.2 Å². The zero-order chi connectivity index (χ0) is 13.9. The van der Waals surface area contributed by atoms with Gasteiger partial charge in [-0.3, -0.25) is 0 Å². The van der Waals surface area contributed by atoms with Gasteiger partial charge in [0.25, 0.3) is 0 Å². The molecule has 2 heteroatoms. The van der Waals surface area contributed by atoms with Crippen LogP contribution in [0.15, 0.2) is 36.4 Å². The van der Waals surface area contributed by atoms with Crippen molar-refractivity contribution in [2.45, 2.75) is 31.6 Å². The molecule has 0 atom stereocenters. The molecule has 0 spiro atoms. The molecule has 0 radical (unpaired) electrons. The van der Waals surface area contributed by atoms with Crippen LogP contribution in [0, 0.1) is 11.7 Å². The Labute approximate surface area is 119 Å². The van der Waals surface area contributed by atoms with E-state index in [4.69, 9.17) is 4.74 Å². The van der Waals surface area contributed by atoms with Crippen molar-refractivity contribution in [3.63, 3.8) is 0 Å². The van der Waals surface area contributed by atoms with Crippen molar-refractivity contribution in [1.29, 1.82) is 0 Å². The van der Waals surface area contributed by atoms with Crippen molar-refractivity contribution in [3.05, 3.63) is 47.8 Å². The van der Waals surface area contributed by atoms with Crippen LogP contribution >= 0.6 is 0 Å². The van der Waals surface area contributed by atoms with Gasteiger partial charge in [0.2, 0.25) is 0 Å². The van der Waals surface area contributed by atoms with Gasteiger partial charge in [0.05, 0.1) is 0 Å². The maximum Gasteiger partial charge on any atom is 0.123 e. The predicted octanol–water partition coefficient (Wildman–Crippen LogP) is 4.90. The summed E-state index contributed by atoms with van der Waals surface area (Å²) in [6.45, 7) is 0.893. The molecule has 1 nitrogen and oxygen atoms in total. The largest absolute Gasteiger partial charge is 0.384 e. The first-order valence-electron chi connectivity index (χ1n) is 7.44.